The minimum atomic E-state index is -0.507. The van der Waals surface area contributed by atoms with Crippen LogP contribution in [0.25, 0.3) is 10.9 Å². The summed E-state index contributed by atoms with van der Waals surface area (Å²) in [6.45, 7) is 3.94. The molecule has 1 heterocycles. The van der Waals surface area contributed by atoms with Crippen molar-refractivity contribution in [1.29, 1.82) is 0 Å². The predicted octanol–water partition coefficient (Wildman–Crippen LogP) is 2.61. The number of aliphatic hydroxyl groups excluding tert-OH is 1. The van der Waals surface area contributed by atoms with Crippen LogP contribution in [0.5, 0.6) is 0 Å². The molecule has 4 N–H and O–H groups in total. The number of aromatic nitrogens is 1. The van der Waals surface area contributed by atoms with E-state index in [-0.39, 0.29) is 24.4 Å². The summed E-state index contributed by atoms with van der Waals surface area (Å²) in [7, 11) is 0. The van der Waals surface area contributed by atoms with Crippen LogP contribution in [0.2, 0.25) is 0 Å². The number of benzene rings is 1. The molecule has 0 aliphatic heterocycles. The number of H-pyrrole nitrogens is 1. The molecule has 2 aromatic rings. The molecule has 0 amide bonds. The molecule has 4 heteroatoms. The van der Waals surface area contributed by atoms with Crippen LogP contribution in [-0.4, -0.2) is 16.2 Å². The summed E-state index contributed by atoms with van der Waals surface area (Å²) in [5, 5.41) is 11.1. The van der Waals surface area contributed by atoms with Crippen LogP contribution in [0.1, 0.15) is 25.5 Å². The van der Waals surface area contributed by atoms with Crippen LogP contribution in [-0.2, 0) is 0 Å². The third-order valence-corrected chi connectivity index (χ3v) is 3.01. The Bertz CT molecular complexity index is 481. The van der Waals surface area contributed by atoms with Crippen LogP contribution >= 0.6 is 12.4 Å². The average molecular weight is 255 g/mol. The summed E-state index contributed by atoms with van der Waals surface area (Å²) in [6, 6.07) is 7.70. The second-order valence-corrected chi connectivity index (χ2v) is 4.58. The van der Waals surface area contributed by atoms with Gasteiger partial charge >= 0.3 is 0 Å². The van der Waals surface area contributed by atoms with Crippen molar-refractivity contribution in [3.05, 3.63) is 36.0 Å². The monoisotopic (exact) mass is 254 g/mol. The molecule has 3 nitrogen and oxygen atoms in total. The van der Waals surface area contributed by atoms with Gasteiger partial charge in [-0.25, -0.2) is 0 Å². The van der Waals surface area contributed by atoms with Gasteiger partial charge in [0.25, 0.3) is 0 Å². The Hall–Kier alpha value is -1.03. The molecule has 0 radical (unpaired) electrons. The van der Waals surface area contributed by atoms with Gasteiger partial charge in [-0.3, -0.25) is 0 Å². The molecular formula is C13H19ClN2O. The predicted molar refractivity (Wildman–Crippen MR) is 73.3 cm³/mol. The van der Waals surface area contributed by atoms with Gasteiger partial charge in [-0.2, -0.15) is 0 Å². The first-order valence-corrected chi connectivity index (χ1v) is 5.60. The number of rotatable bonds is 3. The zero-order valence-corrected chi connectivity index (χ0v) is 10.9. The van der Waals surface area contributed by atoms with Gasteiger partial charge in [0.1, 0.15) is 0 Å². The Morgan fingerprint density at radius 1 is 1.24 bits per heavy atom. The highest BCUT2D eigenvalue weighted by atomic mass is 35.5. The van der Waals surface area contributed by atoms with Crippen LogP contribution in [0.15, 0.2) is 30.5 Å². The zero-order valence-electron chi connectivity index (χ0n) is 10.1. The first-order valence-electron chi connectivity index (χ1n) is 5.60. The molecule has 94 valence electrons. The van der Waals surface area contributed by atoms with Crippen LogP contribution in [0.3, 0.4) is 0 Å². The van der Waals surface area contributed by atoms with Gasteiger partial charge in [0, 0.05) is 11.7 Å². The topological polar surface area (TPSA) is 62.0 Å². The second-order valence-electron chi connectivity index (χ2n) is 4.58. The number of halogens is 1. The molecule has 0 bridgehead atoms. The summed E-state index contributed by atoms with van der Waals surface area (Å²) in [6.07, 6.45) is 1.39. The highest BCUT2D eigenvalue weighted by Crippen LogP contribution is 2.23. The van der Waals surface area contributed by atoms with E-state index in [0.29, 0.717) is 0 Å². The van der Waals surface area contributed by atoms with Crippen molar-refractivity contribution >= 4 is 23.3 Å². The van der Waals surface area contributed by atoms with Crippen molar-refractivity contribution in [2.24, 2.45) is 11.7 Å². The lowest BCUT2D eigenvalue weighted by Gasteiger charge is -2.22. The third kappa shape index (κ3) is 2.80. The summed E-state index contributed by atoms with van der Waals surface area (Å²) in [4.78, 5) is 3.15. The molecule has 2 rings (SSSR count). The largest absolute Gasteiger partial charge is 0.391 e. The van der Waals surface area contributed by atoms with Gasteiger partial charge in [0.2, 0.25) is 0 Å². The zero-order chi connectivity index (χ0) is 11.7. The van der Waals surface area contributed by atoms with Crippen molar-refractivity contribution in [2.45, 2.75) is 26.0 Å². The Balaban J connectivity index is 0.00000144. The van der Waals surface area contributed by atoms with Gasteiger partial charge in [-0.15, -0.1) is 12.4 Å². The van der Waals surface area contributed by atoms with E-state index < -0.39 is 6.10 Å². The number of nitrogens with one attached hydrogen (secondary N) is 1. The maximum atomic E-state index is 9.94. The van der Waals surface area contributed by atoms with Crippen LogP contribution < -0.4 is 5.73 Å². The Morgan fingerprint density at radius 3 is 2.59 bits per heavy atom. The minimum Gasteiger partial charge on any atom is -0.391 e. The van der Waals surface area contributed by atoms with Gasteiger partial charge in [-0.05, 0) is 29.0 Å². The molecule has 0 spiro atoms. The lowest BCUT2D eigenvalue weighted by atomic mass is 9.94. The molecule has 0 saturated heterocycles. The maximum absolute atomic E-state index is 9.94. The minimum absolute atomic E-state index is 0. The van der Waals surface area contributed by atoms with Gasteiger partial charge in [-0.1, -0.05) is 26.0 Å². The summed E-state index contributed by atoms with van der Waals surface area (Å²) in [5.74, 6) is 0.161. The van der Waals surface area contributed by atoms with E-state index in [2.05, 4.69) is 4.98 Å². The molecule has 0 aliphatic carbocycles. The van der Waals surface area contributed by atoms with E-state index in [1.165, 1.54) is 0 Å². The molecule has 17 heavy (non-hydrogen) atoms. The van der Waals surface area contributed by atoms with Crippen molar-refractivity contribution in [3.63, 3.8) is 0 Å². The molecule has 2 atom stereocenters. The summed E-state index contributed by atoms with van der Waals surface area (Å²) in [5.41, 5.74) is 8.06. The van der Waals surface area contributed by atoms with Crippen LogP contribution in [0, 0.1) is 5.92 Å². The smallest absolute Gasteiger partial charge is 0.0755 e. The fourth-order valence-electron chi connectivity index (χ4n) is 1.88. The highest BCUT2D eigenvalue weighted by molar-refractivity contribution is 5.85. The van der Waals surface area contributed by atoms with Crippen molar-refractivity contribution in [3.8, 4) is 0 Å². The Kier molecular flexibility index (Phi) is 4.57. The number of hydrogen-bond acceptors (Lipinski definition) is 2. The van der Waals surface area contributed by atoms with Gasteiger partial charge in [0.15, 0.2) is 0 Å². The maximum Gasteiger partial charge on any atom is 0.0755 e. The lowest BCUT2D eigenvalue weighted by Crippen LogP contribution is -2.30. The molecule has 1 aromatic carbocycles. The van der Waals surface area contributed by atoms with E-state index >= 15 is 0 Å². The molecule has 0 unspecified atom stereocenters. The quantitative estimate of drug-likeness (QED) is 0.789. The average Bonchev–Trinajstić information content (AvgIpc) is 2.73. The SMILES string of the molecule is CC(C)[C@@H](O)[C@@H](N)c1ccc2cc[nH]c2c1.Cl. The number of aromatic amines is 1. The van der Waals surface area contributed by atoms with Crippen molar-refractivity contribution in [2.75, 3.05) is 0 Å². The lowest BCUT2D eigenvalue weighted by molar-refractivity contribution is 0.0980. The van der Waals surface area contributed by atoms with Crippen LogP contribution in [0.4, 0.5) is 0 Å². The summed E-state index contributed by atoms with van der Waals surface area (Å²) >= 11 is 0. The van der Waals surface area contributed by atoms with Gasteiger partial charge < -0.3 is 15.8 Å². The van der Waals surface area contributed by atoms with Crippen molar-refractivity contribution in [1.82, 2.24) is 4.98 Å². The number of fused-ring (bicyclic) bond motifs is 1. The first kappa shape index (κ1) is 14.0. The Labute approximate surface area is 107 Å². The molecule has 1 aromatic heterocycles. The molecular weight excluding hydrogens is 236 g/mol. The van der Waals surface area contributed by atoms with E-state index in [0.717, 1.165) is 16.5 Å². The van der Waals surface area contributed by atoms with E-state index in [1.807, 2.05) is 44.3 Å². The summed E-state index contributed by atoms with van der Waals surface area (Å²) < 4.78 is 0. The number of aliphatic hydroxyl groups is 1. The molecule has 0 aliphatic rings. The third-order valence-electron chi connectivity index (χ3n) is 3.01. The second kappa shape index (κ2) is 5.54. The van der Waals surface area contributed by atoms with E-state index in [9.17, 15) is 5.11 Å². The fraction of sp³-hybridized carbons (Fsp3) is 0.385. The Morgan fingerprint density at radius 2 is 1.94 bits per heavy atom. The number of hydrogen-bond donors (Lipinski definition) is 3. The van der Waals surface area contributed by atoms with Gasteiger partial charge in [0.05, 0.1) is 12.1 Å². The molecule has 0 saturated carbocycles. The van der Waals surface area contributed by atoms with Crippen molar-refractivity contribution < 1.29 is 5.11 Å². The highest BCUT2D eigenvalue weighted by Gasteiger charge is 2.20. The number of nitrogens with two attached hydrogens (primary N) is 1. The fourth-order valence-corrected chi connectivity index (χ4v) is 1.88. The van der Waals surface area contributed by atoms with E-state index in [1.54, 1.807) is 0 Å². The normalized spacial score (nSPS) is 14.6. The standard InChI is InChI=1S/C13H18N2O.ClH/c1-8(2)13(16)12(14)10-4-3-9-5-6-15-11(9)7-10;/h3-8,12-13,15-16H,14H2,1-2H3;1H/t12-,13+;/m0./s1. The molecule has 0 fully saturated rings. The van der Waals surface area contributed by atoms with E-state index in [4.69, 9.17) is 5.73 Å². The first-order chi connectivity index (χ1) is 7.59.